The summed E-state index contributed by atoms with van der Waals surface area (Å²) in [6.45, 7) is 9.76. The average Bonchev–Trinajstić information content (AvgIpc) is 2.35. The molecule has 0 fully saturated rings. The molecule has 0 aliphatic carbocycles. The summed E-state index contributed by atoms with van der Waals surface area (Å²) in [5.74, 6) is -1.75. The van der Waals surface area contributed by atoms with Crippen molar-refractivity contribution in [1.29, 1.82) is 0 Å². The first kappa shape index (κ1) is 18.6. The maximum atomic E-state index is 12.0. The van der Waals surface area contributed by atoms with E-state index >= 15 is 0 Å². The third kappa shape index (κ3) is 6.06. The second kappa shape index (κ2) is 6.76. The van der Waals surface area contributed by atoms with Crippen LogP contribution in [0.3, 0.4) is 0 Å². The predicted octanol–water partition coefficient (Wildman–Crippen LogP) is 2.86. The number of anilines is 1. The fourth-order valence-corrected chi connectivity index (χ4v) is 2.65. The van der Waals surface area contributed by atoms with Crippen molar-refractivity contribution >= 4 is 23.2 Å². The number of hydrogen-bond acceptors (Lipinski definition) is 4. The summed E-state index contributed by atoms with van der Waals surface area (Å²) in [5, 5.41) is 15.9. The molecule has 0 aliphatic heterocycles. The molecule has 0 bridgehead atoms. The van der Waals surface area contributed by atoms with E-state index in [0.29, 0.717) is 6.42 Å². The third-order valence-electron chi connectivity index (χ3n) is 2.98. The lowest BCUT2D eigenvalue weighted by molar-refractivity contribution is -0.383. The Hall–Kier alpha value is -2.44. The number of nitro groups is 1. The van der Waals surface area contributed by atoms with E-state index in [4.69, 9.17) is 0 Å². The molecule has 2 amide bonds. The number of para-hydroxylation sites is 2. The SMILES string of the molecule is CC(C)(C)CC(C)(C)NC(=O)C(=O)Nc1ccccc1[N+](=O)[O-]. The minimum Gasteiger partial charge on any atom is -0.343 e. The van der Waals surface area contributed by atoms with Gasteiger partial charge in [0.25, 0.3) is 5.69 Å². The van der Waals surface area contributed by atoms with Crippen molar-refractivity contribution in [3.8, 4) is 0 Å². The number of benzene rings is 1. The van der Waals surface area contributed by atoms with Crippen molar-refractivity contribution < 1.29 is 14.5 Å². The first-order valence-electron chi connectivity index (χ1n) is 7.28. The molecule has 1 aromatic rings. The van der Waals surface area contributed by atoms with Gasteiger partial charge in [-0.15, -0.1) is 0 Å². The third-order valence-corrected chi connectivity index (χ3v) is 2.98. The summed E-state index contributed by atoms with van der Waals surface area (Å²) in [7, 11) is 0. The van der Waals surface area contributed by atoms with Crippen molar-refractivity contribution in [3.63, 3.8) is 0 Å². The number of hydrogen-bond donors (Lipinski definition) is 2. The fraction of sp³-hybridized carbons (Fsp3) is 0.500. The summed E-state index contributed by atoms with van der Waals surface area (Å²) in [5.41, 5.74) is -0.866. The van der Waals surface area contributed by atoms with E-state index in [1.807, 2.05) is 34.6 Å². The predicted molar refractivity (Wildman–Crippen MR) is 88.0 cm³/mol. The van der Waals surface area contributed by atoms with Crippen LogP contribution in [0.1, 0.15) is 41.0 Å². The highest BCUT2D eigenvalue weighted by Crippen LogP contribution is 2.27. The minimum atomic E-state index is -0.929. The summed E-state index contributed by atoms with van der Waals surface area (Å²) >= 11 is 0. The largest absolute Gasteiger partial charge is 0.343 e. The molecule has 0 radical (unpaired) electrons. The van der Waals surface area contributed by atoms with Gasteiger partial charge in [-0.1, -0.05) is 32.9 Å². The molecule has 1 rings (SSSR count). The zero-order valence-electron chi connectivity index (χ0n) is 14.1. The number of nitrogens with zero attached hydrogens (tertiary/aromatic N) is 1. The molecular formula is C16H23N3O4. The number of nitrogens with one attached hydrogen (secondary N) is 2. The Morgan fingerprint density at radius 1 is 1.09 bits per heavy atom. The monoisotopic (exact) mass is 321 g/mol. The van der Waals surface area contributed by atoms with E-state index in [9.17, 15) is 19.7 Å². The standard InChI is InChI=1S/C16H23N3O4/c1-15(2,3)10-16(4,5)18-14(21)13(20)17-11-8-6-7-9-12(11)19(22)23/h6-9H,10H2,1-5H3,(H,17,20)(H,18,21). The first-order valence-corrected chi connectivity index (χ1v) is 7.28. The van der Waals surface area contributed by atoms with Crippen molar-refractivity contribution in [3.05, 3.63) is 34.4 Å². The molecule has 2 N–H and O–H groups in total. The van der Waals surface area contributed by atoms with Crippen LogP contribution in [-0.2, 0) is 9.59 Å². The molecule has 0 aromatic heterocycles. The van der Waals surface area contributed by atoms with Gasteiger partial charge in [0.05, 0.1) is 4.92 Å². The summed E-state index contributed by atoms with van der Waals surface area (Å²) in [6, 6.07) is 5.67. The van der Waals surface area contributed by atoms with Crippen molar-refractivity contribution in [2.75, 3.05) is 5.32 Å². The van der Waals surface area contributed by atoms with Crippen LogP contribution in [0.25, 0.3) is 0 Å². The van der Waals surface area contributed by atoms with Gasteiger partial charge in [0.1, 0.15) is 5.69 Å². The van der Waals surface area contributed by atoms with E-state index in [0.717, 1.165) is 0 Å². The van der Waals surface area contributed by atoms with Crippen LogP contribution in [-0.4, -0.2) is 22.3 Å². The van der Waals surface area contributed by atoms with Gasteiger partial charge in [0.15, 0.2) is 0 Å². The highest BCUT2D eigenvalue weighted by molar-refractivity contribution is 6.40. The molecule has 126 valence electrons. The van der Waals surface area contributed by atoms with E-state index in [2.05, 4.69) is 10.6 Å². The van der Waals surface area contributed by atoms with Crippen LogP contribution in [0, 0.1) is 15.5 Å². The van der Waals surface area contributed by atoms with Crippen molar-refractivity contribution in [1.82, 2.24) is 5.32 Å². The van der Waals surface area contributed by atoms with Gasteiger partial charge in [0, 0.05) is 11.6 Å². The lowest BCUT2D eigenvalue weighted by Gasteiger charge is -2.33. The van der Waals surface area contributed by atoms with Crippen LogP contribution in [0.4, 0.5) is 11.4 Å². The van der Waals surface area contributed by atoms with Crippen LogP contribution in [0.15, 0.2) is 24.3 Å². The van der Waals surface area contributed by atoms with Crippen LogP contribution in [0.2, 0.25) is 0 Å². The Labute approximate surface area is 135 Å². The van der Waals surface area contributed by atoms with E-state index < -0.39 is 22.3 Å². The smallest absolute Gasteiger partial charge is 0.313 e. The zero-order valence-corrected chi connectivity index (χ0v) is 14.1. The molecule has 0 unspecified atom stereocenters. The molecule has 23 heavy (non-hydrogen) atoms. The van der Waals surface area contributed by atoms with Gasteiger partial charge < -0.3 is 10.6 Å². The number of carbonyl (C=O) groups excluding carboxylic acids is 2. The minimum absolute atomic E-state index is 0.00808. The van der Waals surface area contributed by atoms with Gasteiger partial charge in [-0.25, -0.2) is 0 Å². The van der Waals surface area contributed by atoms with Crippen molar-refractivity contribution in [2.45, 2.75) is 46.6 Å². The van der Waals surface area contributed by atoms with Gasteiger partial charge >= 0.3 is 11.8 Å². The number of carbonyl (C=O) groups is 2. The maximum Gasteiger partial charge on any atom is 0.313 e. The van der Waals surface area contributed by atoms with Crippen LogP contribution in [0.5, 0.6) is 0 Å². The topological polar surface area (TPSA) is 101 Å². The molecule has 0 aliphatic rings. The zero-order chi connectivity index (χ0) is 17.8. The van der Waals surface area contributed by atoms with E-state index in [1.54, 1.807) is 6.07 Å². The first-order chi connectivity index (χ1) is 10.4. The Morgan fingerprint density at radius 3 is 2.17 bits per heavy atom. The van der Waals surface area contributed by atoms with Gasteiger partial charge in [-0.3, -0.25) is 19.7 Å². The second-order valence-electron chi connectivity index (χ2n) is 7.30. The molecule has 7 nitrogen and oxygen atoms in total. The quantitative estimate of drug-likeness (QED) is 0.506. The summed E-state index contributed by atoms with van der Waals surface area (Å²) in [4.78, 5) is 34.3. The summed E-state index contributed by atoms with van der Waals surface area (Å²) < 4.78 is 0. The molecule has 0 atom stereocenters. The Kier molecular flexibility index (Phi) is 5.47. The van der Waals surface area contributed by atoms with Crippen LogP contribution >= 0.6 is 0 Å². The maximum absolute atomic E-state index is 12.0. The lowest BCUT2D eigenvalue weighted by atomic mass is 9.82. The molecule has 7 heteroatoms. The van der Waals surface area contributed by atoms with Gasteiger partial charge in [-0.2, -0.15) is 0 Å². The Bertz CT molecular complexity index is 618. The highest BCUT2D eigenvalue weighted by atomic mass is 16.6. The average molecular weight is 321 g/mol. The molecule has 1 aromatic carbocycles. The molecule has 0 spiro atoms. The Morgan fingerprint density at radius 2 is 1.65 bits per heavy atom. The molecule has 0 saturated carbocycles. The number of rotatable bonds is 4. The van der Waals surface area contributed by atoms with E-state index in [1.165, 1.54) is 18.2 Å². The van der Waals surface area contributed by atoms with Crippen LogP contribution < -0.4 is 10.6 Å². The molecule has 0 heterocycles. The normalized spacial score (nSPS) is 11.7. The van der Waals surface area contributed by atoms with Crippen molar-refractivity contribution in [2.24, 2.45) is 5.41 Å². The van der Waals surface area contributed by atoms with E-state index in [-0.39, 0.29) is 16.8 Å². The Balaban J connectivity index is 2.79. The number of amides is 2. The number of nitro benzene ring substituents is 1. The highest BCUT2D eigenvalue weighted by Gasteiger charge is 2.29. The van der Waals surface area contributed by atoms with Gasteiger partial charge in [0.2, 0.25) is 0 Å². The van der Waals surface area contributed by atoms with Gasteiger partial charge in [-0.05, 0) is 31.7 Å². The lowest BCUT2D eigenvalue weighted by Crippen LogP contribution is -2.49. The summed E-state index contributed by atoms with van der Waals surface area (Å²) in [6.07, 6.45) is 0.671. The fourth-order valence-electron chi connectivity index (χ4n) is 2.65. The molecular weight excluding hydrogens is 298 g/mol. The molecule has 0 saturated heterocycles. The second-order valence-corrected chi connectivity index (χ2v) is 7.30.